The van der Waals surface area contributed by atoms with Crippen LogP contribution in [-0.4, -0.2) is 59.6 Å². The molecule has 1 atom stereocenters. The van der Waals surface area contributed by atoms with Gasteiger partial charge in [0, 0.05) is 6.04 Å². The molecular weight excluding hydrogens is 204 g/mol. The van der Waals surface area contributed by atoms with Crippen LogP contribution in [0.25, 0.3) is 0 Å². The molecule has 0 saturated carbocycles. The van der Waals surface area contributed by atoms with E-state index in [9.17, 15) is 4.79 Å². The van der Waals surface area contributed by atoms with Crippen molar-refractivity contribution in [3.8, 4) is 0 Å². The SMILES string of the molecule is CCC(C(=O)O)N(C)C1CCN(CC)CC1. The highest BCUT2D eigenvalue weighted by molar-refractivity contribution is 5.73. The van der Waals surface area contributed by atoms with Gasteiger partial charge in [-0.05, 0) is 45.9 Å². The highest BCUT2D eigenvalue weighted by atomic mass is 16.4. The molecule has 0 aromatic rings. The van der Waals surface area contributed by atoms with Gasteiger partial charge in [0.25, 0.3) is 0 Å². The smallest absolute Gasteiger partial charge is 0.320 e. The lowest BCUT2D eigenvalue weighted by Gasteiger charge is -2.38. The van der Waals surface area contributed by atoms with Crippen LogP contribution in [0.15, 0.2) is 0 Å². The molecule has 0 radical (unpaired) electrons. The summed E-state index contributed by atoms with van der Waals surface area (Å²) in [5.41, 5.74) is 0. The molecule has 1 heterocycles. The van der Waals surface area contributed by atoms with E-state index in [1.54, 1.807) is 0 Å². The van der Waals surface area contributed by atoms with Crippen LogP contribution in [0, 0.1) is 0 Å². The van der Waals surface area contributed by atoms with E-state index in [0.29, 0.717) is 12.5 Å². The highest BCUT2D eigenvalue weighted by Crippen LogP contribution is 2.18. The number of hydrogen-bond acceptors (Lipinski definition) is 3. The quantitative estimate of drug-likeness (QED) is 0.769. The van der Waals surface area contributed by atoms with Gasteiger partial charge in [-0.25, -0.2) is 0 Å². The summed E-state index contributed by atoms with van der Waals surface area (Å²) in [6.45, 7) is 7.42. The van der Waals surface area contributed by atoms with Crippen molar-refractivity contribution >= 4 is 5.97 Å². The Kier molecular flexibility index (Phi) is 5.22. The van der Waals surface area contributed by atoms with E-state index in [-0.39, 0.29) is 6.04 Å². The minimum Gasteiger partial charge on any atom is -0.480 e. The number of likely N-dealkylation sites (N-methyl/N-ethyl adjacent to an activating group) is 1. The van der Waals surface area contributed by atoms with Crippen LogP contribution in [0.3, 0.4) is 0 Å². The van der Waals surface area contributed by atoms with Crippen LogP contribution in [0.5, 0.6) is 0 Å². The van der Waals surface area contributed by atoms with E-state index in [4.69, 9.17) is 5.11 Å². The van der Waals surface area contributed by atoms with E-state index in [1.807, 2.05) is 14.0 Å². The third-order valence-corrected chi connectivity index (χ3v) is 3.74. The number of rotatable bonds is 5. The average molecular weight is 228 g/mol. The minimum atomic E-state index is -0.692. The Morgan fingerprint density at radius 2 is 2.00 bits per heavy atom. The summed E-state index contributed by atoms with van der Waals surface area (Å²) in [5, 5.41) is 9.12. The van der Waals surface area contributed by atoms with Crippen LogP contribution in [0.4, 0.5) is 0 Å². The lowest BCUT2D eigenvalue weighted by molar-refractivity contribution is -0.144. The van der Waals surface area contributed by atoms with Crippen LogP contribution in [0.2, 0.25) is 0 Å². The van der Waals surface area contributed by atoms with Gasteiger partial charge >= 0.3 is 5.97 Å². The molecule has 4 nitrogen and oxygen atoms in total. The van der Waals surface area contributed by atoms with Crippen molar-refractivity contribution < 1.29 is 9.90 Å². The lowest BCUT2D eigenvalue weighted by Crippen LogP contribution is -2.49. The van der Waals surface area contributed by atoms with E-state index in [1.165, 1.54) is 0 Å². The Morgan fingerprint density at radius 3 is 2.38 bits per heavy atom. The molecule has 16 heavy (non-hydrogen) atoms. The molecule has 0 aliphatic carbocycles. The van der Waals surface area contributed by atoms with Gasteiger partial charge in [0.15, 0.2) is 0 Å². The fourth-order valence-corrected chi connectivity index (χ4v) is 2.53. The van der Waals surface area contributed by atoms with Gasteiger partial charge in [-0.2, -0.15) is 0 Å². The van der Waals surface area contributed by atoms with Gasteiger partial charge < -0.3 is 10.0 Å². The van der Waals surface area contributed by atoms with Gasteiger partial charge in [0.1, 0.15) is 6.04 Å². The monoisotopic (exact) mass is 228 g/mol. The molecule has 1 unspecified atom stereocenters. The Labute approximate surface area is 98.2 Å². The predicted molar refractivity (Wildman–Crippen MR) is 64.6 cm³/mol. The maximum Gasteiger partial charge on any atom is 0.320 e. The molecule has 0 amide bonds. The minimum absolute atomic E-state index is 0.321. The summed E-state index contributed by atoms with van der Waals surface area (Å²) >= 11 is 0. The van der Waals surface area contributed by atoms with Crippen molar-refractivity contribution in [2.45, 2.75) is 45.2 Å². The molecular formula is C12H24N2O2. The summed E-state index contributed by atoms with van der Waals surface area (Å²) in [6, 6.07) is 0.113. The predicted octanol–water partition coefficient (Wildman–Crippen LogP) is 1.27. The maximum absolute atomic E-state index is 11.1. The summed E-state index contributed by atoms with van der Waals surface area (Å²) < 4.78 is 0. The first-order valence-electron chi connectivity index (χ1n) is 6.27. The number of carbonyl (C=O) groups is 1. The summed E-state index contributed by atoms with van der Waals surface area (Å²) in [5.74, 6) is -0.692. The largest absolute Gasteiger partial charge is 0.480 e. The van der Waals surface area contributed by atoms with Crippen molar-refractivity contribution in [2.75, 3.05) is 26.7 Å². The third kappa shape index (κ3) is 3.19. The molecule has 94 valence electrons. The Hall–Kier alpha value is -0.610. The van der Waals surface area contributed by atoms with Gasteiger partial charge in [-0.3, -0.25) is 9.69 Å². The third-order valence-electron chi connectivity index (χ3n) is 3.74. The number of carboxylic acids is 1. The fraction of sp³-hybridized carbons (Fsp3) is 0.917. The molecule has 0 aromatic heterocycles. The number of hydrogen-bond donors (Lipinski definition) is 1. The molecule has 1 N–H and O–H groups in total. The number of carboxylic acid groups (broad SMARTS) is 1. The van der Waals surface area contributed by atoms with Crippen LogP contribution >= 0.6 is 0 Å². The van der Waals surface area contributed by atoms with E-state index in [2.05, 4.69) is 16.7 Å². The number of aliphatic carboxylic acids is 1. The standard InChI is InChI=1S/C12H24N2O2/c1-4-11(12(15)16)13(3)10-6-8-14(5-2)9-7-10/h10-11H,4-9H2,1-3H3,(H,15,16). The summed E-state index contributed by atoms with van der Waals surface area (Å²) in [7, 11) is 1.95. The zero-order valence-electron chi connectivity index (χ0n) is 10.6. The molecule has 4 heteroatoms. The van der Waals surface area contributed by atoms with Crippen LogP contribution in [0.1, 0.15) is 33.1 Å². The molecule has 0 bridgehead atoms. The van der Waals surface area contributed by atoms with E-state index in [0.717, 1.165) is 32.5 Å². The second-order valence-electron chi connectivity index (χ2n) is 4.59. The maximum atomic E-state index is 11.1. The first-order chi connectivity index (χ1) is 7.60. The number of nitrogens with zero attached hydrogens (tertiary/aromatic N) is 2. The first kappa shape index (κ1) is 13.5. The molecule has 1 rings (SSSR count). The van der Waals surface area contributed by atoms with E-state index < -0.39 is 5.97 Å². The number of likely N-dealkylation sites (tertiary alicyclic amines) is 1. The van der Waals surface area contributed by atoms with Crippen molar-refractivity contribution in [1.29, 1.82) is 0 Å². The summed E-state index contributed by atoms with van der Waals surface area (Å²) in [6.07, 6.45) is 2.86. The van der Waals surface area contributed by atoms with Crippen LogP contribution in [-0.2, 0) is 4.79 Å². The molecule has 1 aliphatic heterocycles. The second kappa shape index (κ2) is 6.21. The molecule has 0 aromatic carbocycles. The Balaban J connectivity index is 2.48. The van der Waals surface area contributed by atoms with Gasteiger partial charge in [-0.1, -0.05) is 13.8 Å². The summed E-state index contributed by atoms with van der Waals surface area (Å²) in [4.78, 5) is 15.6. The molecule has 0 spiro atoms. The Morgan fingerprint density at radius 1 is 1.44 bits per heavy atom. The molecule has 1 aliphatic rings. The normalized spacial score (nSPS) is 21.2. The Bertz CT molecular complexity index is 225. The van der Waals surface area contributed by atoms with Crippen molar-refractivity contribution in [2.24, 2.45) is 0 Å². The highest BCUT2D eigenvalue weighted by Gasteiger charge is 2.29. The second-order valence-corrected chi connectivity index (χ2v) is 4.59. The molecule has 1 fully saturated rings. The average Bonchev–Trinajstić information content (AvgIpc) is 2.29. The fourth-order valence-electron chi connectivity index (χ4n) is 2.53. The lowest BCUT2D eigenvalue weighted by atomic mass is 10.0. The topological polar surface area (TPSA) is 43.8 Å². The molecule has 1 saturated heterocycles. The number of piperidine rings is 1. The van der Waals surface area contributed by atoms with Crippen molar-refractivity contribution in [3.05, 3.63) is 0 Å². The van der Waals surface area contributed by atoms with Gasteiger partial charge in [-0.15, -0.1) is 0 Å². The van der Waals surface area contributed by atoms with Gasteiger partial charge in [0.2, 0.25) is 0 Å². The van der Waals surface area contributed by atoms with Crippen molar-refractivity contribution in [1.82, 2.24) is 9.80 Å². The zero-order chi connectivity index (χ0) is 12.1. The zero-order valence-corrected chi connectivity index (χ0v) is 10.6. The first-order valence-corrected chi connectivity index (χ1v) is 6.27. The van der Waals surface area contributed by atoms with Crippen LogP contribution < -0.4 is 0 Å². The van der Waals surface area contributed by atoms with Crippen molar-refractivity contribution in [3.63, 3.8) is 0 Å². The van der Waals surface area contributed by atoms with Gasteiger partial charge in [0.05, 0.1) is 0 Å². The van der Waals surface area contributed by atoms with E-state index >= 15 is 0 Å².